The summed E-state index contributed by atoms with van der Waals surface area (Å²) in [6.07, 6.45) is 0. The molecule has 1 heterocycles. The van der Waals surface area contributed by atoms with Crippen LogP contribution in [0.15, 0.2) is 72.8 Å². The Morgan fingerprint density at radius 2 is 1.76 bits per heavy atom. The van der Waals surface area contributed by atoms with Crippen LogP contribution < -0.4 is 27.2 Å². The summed E-state index contributed by atoms with van der Waals surface area (Å²) in [5, 5.41) is 15.8. The SMILES string of the molecule is CC[NH+](CCNC(=O)c1cccc2cc3ccccc3nc12)Cc1ccc([N+](=O)[O-])cc1.[Br-]. The third-order valence-electron chi connectivity index (χ3n) is 5.66. The van der Waals surface area contributed by atoms with Gasteiger partial charge >= 0.3 is 0 Å². The minimum atomic E-state index is -0.394. The number of benzene rings is 3. The molecule has 170 valence electrons. The standard InChI is InChI=1S/C25H24N4O3.BrH/c1-2-28(17-18-10-12-21(13-11-18)29(31)32)15-14-26-25(30)22-8-5-7-20-16-19-6-3-4-9-23(19)27-24(20)22;/h3-13,16H,2,14-15,17H2,1H3,(H,26,30);1H. The van der Waals surface area contributed by atoms with E-state index in [1.807, 2.05) is 36.4 Å². The topological polar surface area (TPSA) is 89.6 Å². The first kappa shape index (κ1) is 24.3. The zero-order chi connectivity index (χ0) is 22.5. The molecule has 8 heteroatoms. The number of likely N-dealkylation sites (N-methyl/N-ethyl adjacent to an activating group) is 1. The van der Waals surface area contributed by atoms with Crippen LogP contribution in [0.5, 0.6) is 0 Å². The molecule has 0 aliphatic heterocycles. The molecule has 7 nitrogen and oxygen atoms in total. The molecule has 1 unspecified atom stereocenters. The highest BCUT2D eigenvalue weighted by atomic mass is 79.9. The lowest BCUT2D eigenvalue weighted by Crippen LogP contribution is -3.11. The first-order valence-electron chi connectivity index (χ1n) is 10.7. The number of carbonyl (C=O) groups is 1. The maximum Gasteiger partial charge on any atom is 0.269 e. The smallest absolute Gasteiger partial charge is 0.269 e. The van der Waals surface area contributed by atoms with Gasteiger partial charge in [-0.3, -0.25) is 14.9 Å². The fourth-order valence-electron chi connectivity index (χ4n) is 3.85. The number of para-hydroxylation sites is 2. The molecule has 2 N–H and O–H groups in total. The van der Waals surface area contributed by atoms with Crippen LogP contribution in [-0.4, -0.2) is 35.4 Å². The lowest BCUT2D eigenvalue weighted by molar-refractivity contribution is -0.910. The first-order chi connectivity index (χ1) is 15.5. The van der Waals surface area contributed by atoms with Gasteiger partial charge in [-0.2, -0.15) is 0 Å². The Morgan fingerprint density at radius 3 is 2.48 bits per heavy atom. The maximum absolute atomic E-state index is 12.9. The van der Waals surface area contributed by atoms with Crippen molar-refractivity contribution >= 4 is 33.4 Å². The number of quaternary nitrogens is 1. The van der Waals surface area contributed by atoms with Gasteiger partial charge in [-0.1, -0.05) is 30.3 Å². The van der Waals surface area contributed by atoms with E-state index in [0.29, 0.717) is 17.6 Å². The Balaban J connectivity index is 0.00000306. The number of non-ortho nitro benzene ring substituents is 1. The molecule has 4 rings (SSSR count). The van der Waals surface area contributed by atoms with E-state index in [1.54, 1.807) is 18.2 Å². The highest BCUT2D eigenvalue weighted by molar-refractivity contribution is 6.07. The molecule has 33 heavy (non-hydrogen) atoms. The molecule has 0 spiro atoms. The molecule has 1 aromatic heterocycles. The Labute approximate surface area is 202 Å². The number of nitro benzene ring substituents is 1. The fourth-order valence-corrected chi connectivity index (χ4v) is 3.85. The normalized spacial score (nSPS) is 11.7. The van der Waals surface area contributed by atoms with Gasteiger partial charge in [0.2, 0.25) is 0 Å². The van der Waals surface area contributed by atoms with E-state index < -0.39 is 4.92 Å². The van der Waals surface area contributed by atoms with Gasteiger partial charge in [0, 0.05) is 28.5 Å². The zero-order valence-electron chi connectivity index (χ0n) is 18.3. The second-order valence-corrected chi connectivity index (χ2v) is 7.77. The van der Waals surface area contributed by atoms with Crippen molar-refractivity contribution in [2.24, 2.45) is 0 Å². The number of hydrogen-bond acceptors (Lipinski definition) is 4. The van der Waals surface area contributed by atoms with E-state index in [4.69, 9.17) is 4.98 Å². The third kappa shape index (κ3) is 5.71. The number of fused-ring (bicyclic) bond motifs is 2. The van der Waals surface area contributed by atoms with E-state index in [0.717, 1.165) is 41.5 Å². The van der Waals surface area contributed by atoms with Crippen molar-refractivity contribution in [1.29, 1.82) is 0 Å². The summed E-state index contributed by atoms with van der Waals surface area (Å²) >= 11 is 0. The number of carbonyl (C=O) groups excluding carboxylic acids is 1. The molecule has 3 aromatic carbocycles. The molecule has 0 fully saturated rings. The predicted octanol–water partition coefficient (Wildman–Crippen LogP) is 0.135. The van der Waals surface area contributed by atoms with Crippen LogP contribution in [0, 0.1) is 10.1 Å². The summed E-state index contributed by atoms with van der Waals surface area (Å²) in [6.45, 7) is 4.99. The average Bonchev–Trinajstić information content (AvgIpc) is 2.81. The Kier molecular flexibility index (Phi) is 8.08. The van der Waals surface area contributed by atoms with Gasteiger partial charge in [-0.05, 0) is 37.3 Å². The van der Waals surface area contributed by atoms with Crippen LogP contribution in [0.4, 0.5) is 5.69 Å². The van der Waals surface area contributed by atoms with Crippen molar-refractivity contribution in [3.8, 4) is 0 Å². The second-order valence-electron chi connectivity index (χ2n) is 7.77. The van der Waals surface area contributed by atoms with Gasteiger partial charge in [-0.15, -0.1) is 0 Å². The summed E-state index contributed by atoms with van der Waals surface area (Å²) in [6, 6.07) is 22.2. The number of pyridine rings is 1. The van der Waals surface area contributed by atoms with Crippen LogP contribution in [0.1, 0.15) is 22.8 Å². The highest BCUT2D eigenvalue weighted by Crippen LogP contribution is 2.22. The number of nitrogens with zero attached hydrogens (tertiary/aromatic N) is 2. The van der Waals surface area contributed by atoms with Crippen molar-refractivity contribution in [3.63, 3.8) is 0 Å². The number of nitro groups is 1. The molecule has 0 bridgehead atoms. The molecule has 0 radical (unpaired) electrons. The van der Waals surface area contributed by atoms with Crippen molar-refractivity contribution in [2.45, 2.75) is 13.5 Å². The number of hydrogen-bond donors (Lipinski definition) is 2. The first-order valence-corrected chi connectivity index (χ1v) is 10.7. The van der Waals surface area contributed by atoms with Gasteiger partial charge in [0.15, 0.2) is 0 Å². The van der Waals surface area contributed by atoms with Crippen LogP contribution in [0.2, 0.25) is 0 Å². The Bertz CT molecular complexity index is 1280. The van der Waals surface area contributed by atoms with Crippen molar-refractivity contribution < 1.29 is 31.6 Å². The quantitative estimate of drug-likeness (QED) is 0.201. The molecular formula is C25H25BrN4O3. The highest BCUT2D eigenvalue weighted by Gasteiger charge is 2.14. The summed E-state index contributed by atoms with van der Waals surface area (Å²) in [7, 11) is 0. The number of halogens is 1. The van der Waals surface area contributed by atoms with E-state index in [-0.39, 0.29) is 28.6 Å². The second kappa shape index (κ2) is 11.0. The maximum atomic E-state index is 12.9. The lowest BCUT2D eigenvalue weighted by atomic mass is 10.1. The molecule has 0 saturated heterocycles. The van der Waals surface area contributed by atoms with Crippen molar-refractivity contribution in [1.82, 2.24) is 10.3 Å². The van der Waals surface area contributed by atoms with Gasteiger partial charge in [0.25, 0.3) is 11.6 Å². The number of amides is 1. The monoisotopic (exact) mass is 508 g/mol. The van der Waals surface area contributed by atoms with E-state index in [9.17, 15) is 14.9 Å². The van der Waals surface area contributed by atoms with Crippen LogP contribution >= 0.6 is 0 Å². The molecule has 0 aliphatic carbocycles. The molecular weight excluding hydrogens is 484 g/mol. The van der Waals surface area contributed by atoms with E-state index >= 15 is 0 Å². The predicted molar refractivity (Wildman–Crippen MR) is 125 cm³/mol. The summed E-state index contributed by atoms with van der Waals surface area (Å²) in [5.74, 6) is -0.135. The largest absolute Gasteiger partial charge is 1.00 e. The fraction of sp³-hybridized carbons (Fsp3) is 0.200. The van der Waals surface area contributed by atoms with Crippen LogP contribution in [-0.2, 0) is 6.54 Å². The summed E-state index contributed by atoms with van der Waals surface area (Å²) in [5.41, 5.74) is 3.26. The Hall–Kier alpha value is -3.36. The third-order valence-corrected chi connectivity index (χ3v) is 5.66. The van der Waals surface area contributed by atoms with Gasteiger partial charge < -0.3 is 27.2 Å². The number of aromatic nitrogens is 1. The number of nitrogens with one attached hydrogen (secondary N) is 2. The summed E-state index contributed by atoms with van der Waals surface area (Å²) < 4.78 is 0. The average molecular weight is 509 g/mol. The minimum absolute atomic E-state index is 0. The van der Waals surface area contributed by atoms with Crippen LogP contribution in [0.25, 0.3) is 21.8 Å². The van der Waals surface area contributed by atoms with E-state index in [2.05, 4.69) is 18.3 Å². The molecule has 4 aromatic rings. The lowest BCUT2D eigenvalue weighted by Gasteiger charge is -2.18. The molecule has 1 amide bonds. The van der Waals surface area contributed by atoms with Crippen molar-refractivity contribution in [2.75, 3.05) is 19.6 Å². The van der Waals surface area contributed by atoms with E-state index in [1.165, 1.54) is 17.0 Å². The van der Waals surface area contributed by atoms with Crippen molar-refractivity contribution in [3.05, 3.63) is 94.0 Å². The molecule has 0 saturated carbocycles. The van der Waals surface area contributed by atoms with Gasteiger partial charge in [-0.25, -0.2) is 4.98 Å². The minimum Gasteiger partial charge on any atom is -1.00 e. The molecule has 0 aliphatic rings. The Morgan fingerprint density at radius 1 is 1.03 bits per heavy atom. The summed E-state index contributed by atoms with van der Waals surface area (Å²) in [4.78, 5) is 29.3. The van der Waals surface area contributed by atoms with Gasteiger partial charge in [0.05, 0.1) is 41.2 Å². The zero-order valence-corrected chi connectivity index (χ0v) is 19.8. The van der Waals surface area contributed by atoms with Crippen LogP contribution in [0.3, 0.4) is 0 Å². The molecule has 1 atom stereocenters. The van der Waals surface area contributed by atoms with Gasteiger partial charge in [0.1, 0.15) is 6.54 Å². The number of rotatable bonds is 8.